The number of benzene rings is 3. The number of carbonyl (C=O) groups excluding carboxylic acids is 2. The summed E-state index contributed by atoms with van der Waals surface area (Å²) in [4.78, 5) is 26.0. The monoisotopic (exact) mass is 517 g/mol. The van der Waals surface area contributed by atoms with Gasteiger partial charge in [-0.15, -0.1) is 0 Å². The number of aliphatic hydroxyl groups excluding tert-OH is 2. The number of hydrogen-bond acceptors (Lipinski definition) is 5. The lowest BCUT2D eigenvalue weighted by atomic mass is 9.73. The number of aryl methyl sites for hydroxylation is 1. The van der Waals surface area contributed by atoms with Crippen molar-refractivity contribution in [2.24, 2.45) is 0 Å². The Morgan fingerprint density at radius 2 is 1.55 bits per heavy atom. The van der Waals surface area contributed by atoms with Crippen LogP contribution in [0.1, 0.15) is 60.0 Å². The molecule has 3 aromatic carbocycles. The molecule has 0 heterocycles. The number of para-hydroxylation sites is 1. The Balaban J connectivity index is 1.64. The molecule has 202 valence electrons. The average molecular weight is 518 g/mol. The highest BCUT2D eigenvalue weighted by Gasteiger charge is 2.34. The molecule has 0 radical (unpaired) electrons. The molecule has 38 heavy (non-hydrogen) atoms. The predicted molar refractivity (Wildman–Crippen MR) is 149 cm³/mol. The molecule has 0 aliphatic heterocycles. The summed E-state index contributed by atoms with van der Waals surface area (Å²) in [6.07, 6.45) is 2.90. The van der Waals surface area contributed by atoms with E-state index < -0.39 is 11.5 Å². The number of hydrogen-bond donors (Lipinski definition) is 3. The van der Waals surface area contributed by atoms with Gasteiger partial charge in [-0.25, -0.2) is 0 Å². The summed E-state index contributed by atoms with van der Waals surface area (Å²) in [5.74, 6) is -0.0208. The number of methoxy groups -OCH3 is 1. The zero-order valence-corrected chi connectivity index (χ0v) is 22.1. The van der Waals surface area contributed by atoms with Crippen molar-refractivity contribution in [2.45, 2.75) is 56.5 Å². The van der Waals surface area contributed by atoms with E-state index in [9.17, 15) is 19.8 Å². The third-order valence-electron chi connectivity index (χ3n) is 7.17. The van der Waals surface area contributed by atoms with Crippen LogP contribution in [0.4, 0.5) is 0 Å². The van der Waals surface area contributed by atoms with Crippen molar-refractivity contribution in [3.63, 3.8) is 0 Å². The molecule has 2 unspecified atom stereocenters. The van der Waals surface area contributed by atoms with Crippen molar-refractivity contribution in [3.8, 4) is 5.75 Å². The number of aliphatic hydroxyl groups is 2. The molecule has 0 bridgehead atoms. The summed E-state index contributed by atoms with van der Waals surface area (Å²) in [5, 5.41) is 23.5. The molecule has 0 aromatic heterocycles. The van der Waals surface area contributed by atoms with Crippen LogP contribution in [0.2, 0.25) is 0 Å². The second kappa shape index (κ2) is 15.1. The number of ether oxygens (including phenoxy) is 1. The molecule has 0 aliphatic carbocycles. The maximum absolute atomic E-state index is 13.0. The number of amides is 1. The van der Waals surface area contributed by atoms with Crippen molar-refractivity contribution in [1.82, 2.24) is 5.32 Å². The Morgan fingerprint density at radius 1 is 0.895 bits per heavy atom. The average Bonchev–Trinajstić information content (AvgIpc) is 2.97. The molecule has 3 rings (SSSR count). The van der Waals surface area contributed by atoms with E-state index in [2.05, 4.69) is 17.4 Å². The van der Waals surface area contributed by atoms with Crippen molar-refractivity contribution in [2.75, 3.05) is 20.3 Å². The molecule has 0 saturated carbocycles. The van der Waals surface area contributed by atoms with E-state index in [1.807, 2.05) is 48.5 Å². The summed E-state index contributed by atoms with van der Waals surface area (Å²) in [6.45, 7) is 0.130. The van der Waals surface area contributed by atoms with Gasteiger partial charge in [0.2, 0.25) is 0 Å². The first-order valence-electron chi connectivity index (χ1n) is 13.3. The molecule has 3 aromatic rings. The van der Waals surface area contributed by atoms with E-state index in [-0.39, 0.29) is 31.3 Å². The van der Waals surface area contributed by atoms with Crippen LogP contribution in [0, 0.1) is 0 Å². The quantitative estimate of drug-likeness (QED) is 0.236. The van der Waals surface area contributed by atoms with Crippen molar-refractivity contribution >= 4 is 11.7 Å². The highest BCUT2D eigenvalue weighted by Crippen LogP contribution is 2.33. The van der Waals surface area contributed by atoms with E-state index in [0.29, 0.717) is 30.6 Å². The number of nitrogens with one attached hydrogen (secondary N) is 1. The molecule has 6 nitrogen and oxygen atoms in total. The molecule has 3 N–H and O–H groups in total. The highest BCUT2D eigenvalue weighted by molar-refractivity contribution is 5.97. The van der Waals surface area contributed by atoms with Crippen LogP contribution >= 0.6 is 0 Å². The van der Waals surface area contributed by atoms with Gasteiger partial charge in [-0.3, -0.25) is 9.59 Å². The van der Waals surface area contributed by atoms with Gasteiger partial charge in [0.05, 0.1) is 12.7 Å². The number of rotatable bonds is 16. The minimum atomic E-state index is -1.02. The number of carbonyl (C=O) groups is 2. The van der Waals surface area contributed by atoms with Gasteiger partial charge in [-0.1, -0.05) is 79.2 Å². The summed E-state index contributed by atoms with van der Waals surface area (Å²) < 4.78 is 5.33. The minimum absolute atomic E-state index is 0.102. The zero-order chi connectivity index (χ0) is 27.2. The van der Waals surface area contributed by atoms with Crippen LogP contribution in [0.25, 0.3) is 0 Å². The topological polar surface area (TPSA) is 95.9 Å². The third-order valence-corrected chi connectivity index (χ3v) is 7.17. The van der Waals surface area contributed by atoms with Gasteiger partial charge in [0.25, 0.3) is 5.91 Å². The Morgan fingerprint density at radius 3 is 2.24 bits per heavy atom. The minimum Gasteiger partial charge on any atom is -0.496 e. The van der Waals surface area contributed by atoms with Crippen LogP contribution in [0.3, 0.4) is 0 Å². The van der Waals surface area contributed by atoms with Gasteiger partial charge < -0.3 is 20.3 Å². The van der Waals surface area contributed by atoms with Gasteiger partial charge in [-0.05, 0) is 55.4 Å². The SMILES string of the molecule is COc1ccccc1C(=O)NCC(CCO)(CCC(=O)C(O)CCCCc1ccccc1)c1ccccc1. The lowest BCUT2D eigenvalue weighted by molar-refractivity contribution is -0.127. The number of unbranched alkanes of at least 4 members (excludes halogenated alkanes) is 1. The van der Waals surface area contributed by atoms with Crippen molar-refractivity contribution in [1.29, 1.82) is 0 Å². The maximum atomic E-state index is 13.0. The van der Waals surface area contributed by atoms with Gasteiger partial charge in [0.15, 0.2) is 5.78 Å². The molecule has 2 atom stereocenters. The Bertz CT molecular complexity index is 1130. The standard InChI is InChI=1S/C32H39NO5/c1-38-30-19-11-9-17-27(30)31(37)33-24-32(22-23-34,26-15-6-3-7-16-26)21-20-29(36)28(35)18-10-8-14-25-12-4-2-5-13-25/h2-7,9,11-13,15-17,19,28,34-35H,8,10,14,18,20-24H2,1H3,(H,33,37). The fourth-order valence-electron chi connectivity index (χ4n) is 4.88. The second-order valence-corrected chi connectivity index (χ2v) is 9.72. The summed E-state index contributed by atoms with van der Waals surface area (Å²) in [6, 6.07) is 26.8. The van der Waals surface area contributed by atoms with Crippen LogP contribution in [-0.4, -0.2) is 48.3 Å². The summed E-state index contributed by atoms with van der Waals surface area (Å²) in [7, 11) is 1.52. The Hall–Kier alpha value is -3.48. The van der Waals surface area contributed by atoms with Crippen molar-refractivity contribution < 1.29 is 24.5 Å². The maximum Gasteiger partial charge on any atom is 0.255 e. The number of ketones is 1. The van der Waals surface area contributed by atoms with Crippen LogP contribution < -0.4 is 10.1 Å². The molecule has 0 saturated heterocycles. The summed E-state index contributed by atoms with van der Waals surface area (Å²) in [5.41, 5.74) is 1.93. The van der Waals surface area contributed by atoms with Gasteiger partial charge in [0, 0.05) is 25.0 Å². The molecule has 1 amide bonds. The van der Waals surface area contributed by atoms with E-state index >= 15 is 0 Å². The lowest BCUT2D eigenvalue weighted by Crippen LogP contribution is -2.42. The fraction of sp³-hybridized carbons (Fsp3) is 0.375. The van der Waals surface area contributed by atoms with E-state index in [4.69, 9.17) is 4.74 Å². The van der Waals surface area contributed by atoms with Gasteiger partial charge in [0.1, 0.15) is 11.9 Å². The smallest absolute Gasteiger partial charge is 0.255 e. The first-order valence-corrected chi connectivity index (χ1v) is 13.3. The first kappa shape index (κ1) is 29.1. The molecule has 0 spiro atoms. The molecular formula is C32H39NO5. The second-order valence-electron chi connectivity index (χ2n) is 9.72. The largest absolute Gasteiger partial charge is 0.496 e. The summed E-state index contributed by atoms with van der Waals surface area (Å²) >= 11 is 0. The van der Waals surface area contributed by atoms with E-state index in [0.717, 1.165) is 24.8 Å². The highest BCUT2D eigenvalue weighted by atomic mass is 16.5. The van der Waals surface area contributed by atoms with Crippen LogP contribution in [-0.2, 0) is 16.6 Å². The van der Waals surface area contributed by atoms with Gasteiger partial charge in [-0.2, -0.15) is 0 Å². The van der Waals surface area contributed by atoms with E-state index in [1.165, 1.54) is 12.7 Å². The molecule has 0 aliphatic rings. The normalized spacial score (nSPS) is 13.3. The first-order chi connectivity index (χ1) is 18.5. The number of Topliss-reactive ketones (excluding diaryl/α,β-unsaturated/α-hetero) is 1. The Labute approximate surface area is 225 Å². The van der Waals surface area contributed by atoms with Crippen LogP contribution in [0.5, 0.6) is 5.75 Å². The van der Waals surface area contributed by atoms with Gasteiger partial charge >= 0.3 is 0 Å². The predicted octanol–water partition coefficient (Wildman–Crippen LogP) is 4.87. The van der Waals surface area contributed by atoms with E-state index in [1.54, 1.807) is 24.3 Å². The lowest BCUT2D eigenvalue weighted by Gasteiger charge is -2.34. The fourth-order valence-corrected chi connectivity index (χ4v) is 4.88. The van der Waals surface area contributed by atoms with Crippen molar-refractivity contribution in [3.05, 3.63) is 102 Å². The Kier molecular flexibility index (Phi) is 11.5. The van der Waals surface area contributed by atoms with Crippen LogP contribution in [0.15, 0.2) is 84.9 Å². The molecular weight excluding hydrogens is 478 g/mol. The zero-order valence-electron chi connectivity index (χ0n) is 22.1. The molecule has 6 heteroatoms. The third kappa shape index (κ3) is 8.27. The molecule has 0 fully saturated rings.